The summed E-state index contributed by atoms with van der Waals surface area (Å²) >= 11 is 13.2. The molecule has 1 aromatic carbocycles. The van der Waals surface area contributed by atoms with Gasteiger partial charge in [-0.2, -0.15) is 0 Å². The molecule has 29 heavy (non-hydrogen) atoms. The maximum atomic E-state index is 12.1. The van der Waals surface area contributed by atoms with Crippen LogP contribution in [0.1, 0.15) is 17.0 Å². The molecule has 0 aliphatic rings. The van der Waals surface area contributed by atoms with Gasteiger partial charge < -0.3 is 14.6 Å². The number of carbonyl (C=O) groups is 1. The van der Waals surface area contributed by atoms with Crippen LogP contribution in [0.25, 0.3) is 0 Å². The second-order valence-corrected chi connectivity index (χ2v) is 8.07. The molecule has 0 saturated carbocycles. The Morgan fingerprint density at radius 2 is 1.93 bits per heavy atom. The van der Waals surface area contributed by atoms with Crippen LogP contribution in [0.4, 0.5) is 5.82 Å². The van der Waals surface area contributed by atoms with Gasteiger partial charge >= 0.3 is 0 Å². The molecular formula is C19H19Cl2N5O2S. The van der Waals surface area contributed by atoms with E-state index in [0.29, 0.717) is 21.8 Å². The number of pyridine rings is 1. The van der Waals surface area contributed by atoms with E-state index in [9.17, 15) is 4.79 Å². The number of anilines is 1. The van der Waals surface area contributed by atoms with Crippen LogP contribution in [0.5, 0.6) is 5.75 Å². The number of ether oxygens (including phenoxy) is 1. The van der Waals surface area contributed by atoms with Gasteiger partial charge in [0.05, 0.1) is 10.8 Å². The molecule has 0 aliphatic heterocycles. The van der Waals surface area contributed by atoms with E-state index in [1.165, 1.54) is 18.0 Å². The van der Waals surface area contributed by atoms with E-state index in [2.05, 4.69) is 20.5 Å². The number of rotatable bonds is 7. The molecule has 10 heteroatoms. The minimum Gasteiger partial charge on any atom is -0.486 e. The summed E-state index contributed by atoms with van der Waals surface area (Å²) in [5.41, 5.74) is 1.91. The first-order chi connectivity index (χ1) is 13.8. The van der Waals surface area contributed by atoms with Gasteiger partial charge in [-0.25, -0.2) is 4.98 Å². The SMILES string of the molecule is Cc1cc(OCc2nnc(SCC(=O)Nc3ccc(Cl)cn3)n2C)cc(C)c1Cl. The number of halogens is 2. The molecule has 2 heterocycles. The van der Waals surface area contributed by atoms with Crippen LogP contribution in [0.2, 0.25) is 10.0 Å². The minimum atomic E-state index is -0.197. The van der Waals surface area contributed by atoms with Crippen molar-refractivity contribution in [1.82, 2.24) is 19.7 Å². The molecule has 7 nitrogen and oxygen atoms in total. The summed E-state index contributed by atoms with van der Waals surface area (Å²) < 4.78 is 7.63. The first-order valence-electron chi connectivity index (χ1n) is 8.65. The number of thioether (sulfide) groups is 1. The van der Waals surface area contributed by atoms with Gasteiger partial charge in [0.2, 0.25) is 5.91 Å². The van der Waals surface area contributed by atoms with Gasteiger partial charge in [0.1, 0.15) is 18.2 Å². The summed E-state index contributed by atoms with van der Waals surface area (Å²) in [5.74, 6) is 1.79. The Morgan fingerprint density at radius 1 is 1.21 bits per heavy atom. The molecular weight excluding hydrogens is 433 g/mol. The highest BCUT2D eigenvalue weighted by Gasteiger charge is 2.13. The Kier molecular flexibility index (Phi) is 7.00. The number of aryl methyl sites for hydroxylation is 2. The number of benzene rings is 1. The number of nitrogens with zero attached hydrogens (tertiary/aromatic N) is 4. The third-order valence-electron chi connectivity index (χ3n) is 4.03. The highest BCUT2D eigenvalue weighted by atomic mass is 35.5. The van der Waals surface area contributed by atoms with Crippen molar-refractivity contribution in [2.75, 3.05) is 11.1 Å². The first kappa shape index (κ1) is 21.4. The molecule has 0 fully saturated rings. The van der Waals surface area contributed by atoms with Gasteiger partial charge in [-0.05, 0) is 49.2 Å². The Labute approximate surface area is 182 Å². The summed E-state index contributed by atoms with van der Waals surface area (Å²) in [7, 11) is 1.83. The van der Waals surface area contributed by atoms with Gasteiger partial charge in [-0.1, -0.05) is 35.0 Å². The molecule has 0 atom stereocenters. The summed E-state index contributed by atoms with van der Waals surface area (Å²) in [4.78, 5) is 16.1. The van der Waals surface area contributed by atoms with Gasteiger partial charge in [-0.3, -0.25) is 4.79 Å². The highest BCUT2D eigenvalue weighted by molar-refractivity contribution is 7.99. The quantitative estimate of drug-likeness (QED) is 0.534. The number of amides is 1. The molecule has 0 unspecified atom stereocenters. The smallest absolute Gasteiger partial charge is 0.236 e. The fraction of sp³-hybridized carbons (Fsp3) is 0.263. The predicted molar refractivity (Wildman–Crippen MR) is 115 cm³/mol. The lowest BCUT2D eigenvalue weighted by molar-refractivity contribution is -0.113. The number of hydrogen-bond donors (Lipinski definition) is 1. The lowest BCUT2D eigenvalue weighted by Crippen LogP contribution is -2.15. The van der Waals surface area contributed by atoms with Gasteiger partial charge in [0, 0.05) is 18.3 Å². The van der Waals surface area contributed by atoms with Crippen molar-refractivity contribution in [3.63, 3.8) is 0 Å². The molecule has 1 amide bonds. The van der Waals surface area contributed by atoms with Crippen molar-refractivity contribution < 1.29 is 9.53 Å². The Balaban J connectivity index is 1.55. The maximum absolute atomic E-state index is 12.1. The zero-order valence-corrected chi connectivity index (χ0v) is 18.4. The topological polar surface area (TPSA) is 81.9 Å². The third-order valence-corrected chi connectivity index (χ3v) is 5.87. The average Bonchev–Trinajstić information content (AvgIpc) is 3.04. The molecule has 2 aromatic heterocycles. The Morgan fingerprint density at radius 3 is 2.59 bits per heavy atom. The number of carbonyl (C=O) groups excluding carboxylic acids is 1. The zero-order valence-electron chi connectivity index (χ0n) is 16.1. The molecule has 0 radical (unpaired) electrons. The minimum absolute atomic E-state index is 0.173. The molecule has 152 valence electrons. The van der Waals surface area contributed by atoms with E-state index in [1.807, 2.05) is 33.0 Å². The first-order valence-corrected chi connectivity index (χ1v) is 10.4. The predicted octanol–water partition coefficient (Wildman–Crippen LogP) is 4.44. The van der Waals surface area contributed by atoms with Crippen LogP contribution < -0.4 is 10.1 Å². The highest BCUT2D eigenvalue weighted by Crippen LogP contribution is 2.26. The Bertz CT molecular complexity index is 1000. The van der Waals surface area contributed by atoms with Crippen molar-refractivity contribution in [3.05, 3.63) is 57.5 Å². The normalized spacial score (nSPS) is 10.8. The monoisotopic (exact) mass is 451 g/mol. The molecule has 3 aromatic rings. The van der Waals surface area contributed by atoms with Crippen molar-refractivity contribution in [2.24, 2.45) is 7.05 Å². The zero-order chi connectivity index (χ0) is 21.0. The van der Waals surface area contributed by atoms with E-state index < -0.39 is 0 Å². The maximum Gasteiger partial charge on any atom is 0.236 e. The molecule has 1 N–H and O–H groups in total. The van der Waals surface area contributed by atoms with Crippen molar-refractivity contribution in [2.45, 2.75) is 25.6 Å². The van der Waals surface area contributed by atoms with Crippen LogP contribution in [-0.4, -0.2) is 31.4 Å². The van der Waals surface area contributed by atoms with Crippen LogP contribution in [0, 0.1) is 13.8 Å². The standard InChI is InChI=1S/C19H19Cl2N5O2S/c1-11-6-14(7-12(2)18(11)21)28-9-16-24-25-19(26(16)3)29-10-17(27)23-15-5-4-13(20)8-22-15/h4-8H,9-10H2,1-3H3,(H,22,23,27). The van der Waals surface area contributed by atoms with Crippen LogP contribution >= 0.6 is 35.0 Å². The van der Waals surface area contributed by atoms with Crippen LogP contribution in [0.15, 0.2) is 35.6 Å². The fourth-order valence-electron chi connectivity index (χ4n) is 2.49. The number of aromatic nitrogens is 4. The second-order valence-electron chi connectivity index (χ2n) is 6.32. The average molecular weight is 452 g/mol. The largest absolute Gasteiger partial charge is 0.486 e. The van der Waals surface area contributed by atoms with E-state index in [1.54, 1.807) is 16.7 Å². The molecule has 3 rings (SSSR count). The van der Waals surface area contributed by atoms with E-state index >= 15 is 0 Å². The van der Waals surface area contributed by atoms with E-state index in [-0.39, 0.29) is 18.3 Å². The fourth-order valence-corrected chi connectivity index (χ4v) is 3.44. The third kappa shape index (κ3) is 5.62. The number of nitrogens with one attached hydrogen (secondary N) is 1. The molecule has 0 bridgehead atoms. The summed E-state index contributed by atoms with van der Waals surface area (Å²) in [6.45, 7) is 4.12. The van der Waals surface area contributed by atoms with Crippen LogP contribution in [-0.2, 0) is 18.4 Å². The number of hydrogen-bond acceptors (Lipinski definition) is 6. The second kappa shape index (κ2) is 9.47. The van der Waals surface area contributed by atoms with Gasteiger partial charge in [-0.15, -0.1) is 10.2 Å². The van der Waals surface area contributed by atoms with Gasteiger partial charge in [0.15, 0.2) is 11.0 Å². The lowest BCUT2D eigenvalue weighted by atomic mass is 10.1. The van der Waals surface area contributed by atoms with Gasteiger partial charge in [0.25, 0.3) is 0 Å². The molecule has 0 aliphatic carbocycles. The Hall–Kier alpha value is -2.29. The lowest BCUT2D eigenvalue weighted by Gasteiger charge is -2.10. The molecule has 0 saturated heterocycles. The van der Waals surface area contributed by atoms with E-state index in [0.717, 1.165) is 21.9 Å². The van der Waals surface area contributed by atoms with Crippen molar-refractivity contribution >= 4 is 46.7 Å². The molecule has 0 spiro atoms. The van der Waals surface area contributed by atoms with E-state index in [4.69, 9.17) is 27.9 Å². The van der Waals surface area contributed by atoms with Crippen molar-refractivity contribution in [1.29, 1.82) is 0 Å². The summed E-state index contributed by atoms with van der Waals surface area (Å²) in [6, 6.07) is 7.08. The summed E-state index contributed by atoms with van der Waals surface area (Å²) in [6.07, 6.45) is 1.48. The van der Waals surface area contributed by atoms with Crippen molar-refractivity contribution in [3.8, 4) is 5.75 Å². The van der Waals surface area contributed by atoms with Crippen LogP contribution in [0.3, 0.4) is 0 Å². The summed E-state index contributed by atoms with van der Waals surface area (Å²) in [5, 5.41) is 12.8.